The Balaban J connectivity index is 1.77. The van der Waals surface area contributed by atoms with Crippen LogP contribution in [0.2, 0.25) is 0 Å². The zero-order valence-corrected chi connectivity index (χ0v) is 14.8. The number of anilines is 3. The number of amides is 3. The second kappa shape index (κ2) is 6.94. The van der Waals surface area contributed by atoms with Crippen LogP contribution in [0.25, 0.3) is 0 Å². The quantitative estimate of drug-likeness (QED) is 0.733. The number of nitrogens with one attached hydrogen (secondary N) is 3. The third-order valence-corrected chi connectivity index (χ3v) is 4.07. The van der Waals surface area contributed by atoms with Crippen molar-refractivity contribution in [2.75, 3.05) is 22.6 Å². The van der Waals surface area contributed by atoms with Gasteiger partial charge in [0, 0.05) is 22.8 Å². The number of halogens is 1. The first-order chi connectivity index (χ1) is 11.9. The number of carbonyl (C=O) groups excluding carboxylic acids is 3. The largest absolute Gasteiger partial charge is 0.482 e. The molecule has 0 radical (unpaired) electrons. The van der Waals surface area contributed by atoms with Crippen molar-refractivity contribution in [1.82, 2.24) is 0 Å². The van der Waals surface area contributed by atoms with Crippen LogP contribution in [-0.2, 0) is 9.59 Å². The third kappa shape index (κ3) is 3.97. The maximum absolute atomic E-state index is 12.5. The first-order valence-corrected chi connectivity index (χ1v) is 8.17. The van der Waals surface area contributed by atoms with E-state index in [2.05, 4.69) is 31.9 Å². The molecule has 1 aliphatic rings. The summed E-state index contributed by atoms with van der Waals surface area (Å²) >= 11 is 3.33. The fourth-order valence-electron chi connectivity index (χ4n) is 2.31. The molecular formula is C17H14BrN3O4. The minimum Gasteiger partial charge on any atom is -0.482 e. The van der Waals surface area contributed by atoms with E-state index < -0.39 is 0 Å². The minimum absolute atomic E-state index is 0.0830. The molecule has 3 N–H and O–H groups in total. The second-order valence-electron chi connectivity index (χ2n) is 5.38. The molecule has 2 aromatic rings. The van der Waals surface area contributed by atoms with E-state index in [1.54, 1.807) is 36.4 Å². The van der Waals surface area contributed by atoms with Gasteiger partial charge in [-0.3, -0.25) is 14.4 Å². The molecule has 1 heterocycles. The maximum atomic E-state index is 12.5. The van der Waals surface area contributed by atoms with Gasteiger partial charge in [-0.25, -0.2) is 0 Å². The van der Waals surface area contributed by atoms with Gasteiger partial charge in [0.25, 0.3) is 11.8 Å². The van der Waals surface area contributed by atoms with E-state index >= 15 is 0 Å². The lowest BCUT2D eigenvalue weighted by Gasteiger charge is -2.19. The highest BCUT2D eigenvalue weighted by atomic mass is 79.9. The van der Waals surface area contributed by atoms with E-state index in [1.165, 1.54) is 6.92 Å². The molecule has 128 valence electrons. The first-order valence-electron chi connectivity index (χ1n) is 7.37. The fourth-order valence-corrected chi connectivity index (χ4v) is 2.84. The van der Waals surface area contributed by atoms with Crippen LogP contribution in [0.4, 0.5) is 17.1 Å². The van der Waals surface area contributed by atoms with Gasteiger partial charge in [0.2, 0.25) is 5.91 Å². The Hall–Kier alpha value is -2.87. The van der Waals surface area contributed by atoms with E-state index in [0.29, 0.717) is 32.8 Å². The fraction of sp³-hybridized carbons (Fsp3) is 0.118. The molecule has 0 aromatic heterocycles. The Kier molecular flexibility index (Phi) is 4.71. The van der Waals surface area contributed by atoms with Crippen molar-refractivity contribution in [3.05, 3.63) is 46.4 Å². The zero-order valence-electron chi connectivity index (χ0n) is 13.2. The predicted molar refractivity (Wildman–Crippen MR) is 97.0 cm³/mol. The summed E-state index contributed by atoms with van der Waals surface area (Å²) in [6, 6.07) is 9.95. The Morgan fingerprint density at radius 2 is 1.76 bits per heavy atom. The highest BCUT2D eigenvalue weighted by Crippen LogP contribution is 2.34. The number of benzene rings is 2. The predicted octanol–water partition coefficient (Wildman–Crippen LogP) is 2.99. The minimum atomic E-state index is -0.331. The monoisotopic (exact) mass is 403 g/mol. The normalized spacial score (nSPS) is 12.5. The summed E-state index contributed by atoms with van der Waals surface area (Å²) in [4.78, 5) is 34.8. The van der Waals surface area contributed by atoms with Crippen molar-refractivity contribution in [2.24, 2.45) is 0 Å². The second-order valence-corrected chi connectivity index (χ2v) is 6.23. The SMILES string of the molecule is CC(=O)Nc1ccc(NC(=O)c2cc3c(cc2Br)NC(=O)CO3)cc1. The van der Waals surface area contributed by atoms with Crippen molar-refractivity contribution >= 4 is 50.7 Å². The van der Waals surface area contributed by atoms with Crippen molar-refractivity contribution < 1.29 is 19.1 Å². The van der Waals surface area contributed by atoms with Crippen LogP contribution in [0.3, 0.4) is 0 Å². The number of hydrogen-bond donors (Lipinski definition) is 3. The van der Waals surface area contributed by atoms with Gasteiger partial charge in [-0.15, -0.1) is 0 Å². The van der Waals surface area contributed by atoms with Crippen LogP contribution in [0.5, 0.6) is 5.75 Å². The highest BCUT2D eigenvalue weighted by Gasteiger charge is 2.20. The Morgan fingerprint density at radius 3 is 2.40 bits per heavy atom. The standard InChI is InChI=1S/C17H14BrN3O4/c1-9(22)19-10-2-4-11(5-3-10)20-17(24)12-6-15-14(7-13(12)18)21-16(23)8-25-15/h2-7H,8H2,1H3,(H,19,22)(H,20,24)(H,21,23). The van der Waals surface area contributed by atoms with Crippen molar-refractivity contribution in [1.29, 1.82) is 0 Å². The number of hydrogen-bond acceptors (Lipinski definition) is 4. The summed E-state index contributed by atoms with van der Waals surface area (Å²) in [6.45, 7) is 1.34. The molecule has 2 aromatic carbocycles. The molecule has 0 atom stereocenters. The van der Waals surface area contributed by atoms with Gasteiger partial charge < -0.3 is 20.7 Å². The molecule has 0 aliphatic carbocycles. The summed E-state index contributed by atoms with van der Waals surface area (Å²) in [7, 11) is 0. The van der Waals surface area contributed by atoms with E-state index in [4.69, 9.17) is 4.74 Å². The maximum Gasteiger partial charge on any atom is 0.262 e. The van der Waals surface area contributed by atoms with E-state index in [1.807, 2.05) is 0 Å². The van der Waals surface area contributed by atoms with Gasteiger partial charge in [-0.05, 0) is 52.3 Å². The van der Waals surface area contributed by atoms with Gasteiger partial charge in [-0.1, -0.05) is 0 Å². The molecule has 0 saturated heterocycles. The third-order valence-electron chi connectivity index (χ3n) is 3.41. The number of rotatable bonds is 3. The van der Waals surface area contributed by atoms with Crippen LogP contribution in [-0.4, -0.2) is 24.3 Å². The Labute approximate surface area is 151 Å². The van der Waals surface area contributed by atoms with E-state index in [0.717, 1.165) is 0 Å². The molecule has 0 bridgehead atoms. The van der Waals surface area contributed by atoms with Crippen LogP contribution >= 0.6 is 15.9 Å². The lowest BCUT2D eigenvalue weighted by atomic mass is 10.1. The Bertz CT molecular complexity index is 865. The number of carbonyl (C=O) groups is 3. The molecule has 3 rings (SSSR count). The molecule has 0 fully saturated rings. The van der Waals surface area contributed by atoms with Gasteiger partial charge >= 0.3 is 0 Å². The van der Waals surface area contributed by atoms with Crippen LogP contribution in [0, 0.1) is 0 Å². The molecular weight excluding hydrogens is 390 g/mol. The summed E-state index contributed by atoms with van der Waals surface area (Å²) in [6.07, 6.45) is 0. The highest BCUT2D eigenvalue weighted by molar-refractivity contribution is 9.10. The molecule has 3 amide bonds. The van der Waals surface area contributed by atoms with Crippen LogP contribution < -0.4 is 20.7 Å². The van der Waals surface area contributed by atoms with Gasteiger partial charge in [0.05, 0.1) is 11.3 Å². The van der Waals surface area contributed by atoms with Crippen molar-refractivity contribution in [3.63, 3.8) is 0 Å². The topological polar surface area (TPSA) is 96.5 Å². The first kappa shape index (κ1) is 17.0. The van der Waals surface area contributed by atoms with E-state index in [9.17, 15) is 14.4 Å². The number of fused-ring (bicyclic) bond motifs is 1. The van der Waals surface area contributed by atoms with Crippen molar-refractivity contribution in [2.45, 2.75) is 6.92 Å². The van der Waals surface area contributed by atoms with Gasteiger partial charge in [-0.2, -0.15) is 0 Å². The lowest BCUT2D eigenvalue weighted by molar-refractivity contribution is -0.118. The van der Waals surface area contributed by atoms with Gasteiger partial charge in [0.1, 0.15) is 5.75 Å². The molecule has 0 spiro atoms. The summed E-state index contributed by atoms with van der Waals surface area (Å²) < 4.78 is 5.86. The summed E-state index contributed by atoms with van der Waals surface area (Å²) in [5.41, 5.74) is 2.11. The molecule has 1 aliphatic heterocycles. The summed E-state index contributed by atoms with van der Waals surface area (Å²) in [5, 5.41) is 8.10. The average Bonchev–Trinajstić information content (AvgIpc) is 2.55. The molecule has 0 saturated carbocycles. The van der Waals surface area contributed by atoms with Gasteiger partial charge in [0.15, 0.2) is 6.61 Å². The average molecular weight is 404 g/mol. The summed E-state index contributed by atoms with van der Waals surface area (Å²) in [5.74, 6) is -0.297. The smallest absolute Gasteiger partial charge is 0.262 e. The zero-order chi connectivity index (χ0) is 18.0. The molecule has 8 heteroatoms. The molecule has 25 heavy (non-hydrogen) atoms. The molecule has 0 unspecified atom stereocenters. The van der Waals surface area contributed by atoms with E-state index in [-0.39, 0.29) is 24.3 Å². The van der Waals surface area contributed by atoms with Crippen molar-refractivity contribution in [3.8, 4) is 5.75 Å². The van der Waals surface area contributed by atoms with Crippen LogP contribution in [0.1, 0.15) is 17.3 Å². The Morgan fingerprint density at radius 1 is 1.12 bits per heavy atom. The van der Waals surface area contributed by atoms with Crippen LogP contribution in [0.15, 0.2) is 40.9 Å². The number of ether oxygens (including phenoxy) is 1. The molecule has 7 nitrogen and oxygen atoms in total. The lowest BCUT2D eigenvalue weighted by Crippen LogP contribution is -2.26.